The van der Waals surface area contributed by atoms with Gasteiger partial charge in [0.1, 0.15) is 10.8 Å². The van der Waals surface area contributed by atoms with Gasteiger partial charge in [0.2, 0.25) is 0 Å². The van der Waals surface area contributed by atoms with Crippen LogP contribution in [0.2, 0.25) is 0 Å². The van der Waals surface area contributed by atoms with Crippen LogP contribution in [-0.2, 0) is 0 Å². The monoisotopic (exact) mass is 297 g/mol. The Labute approximate surface area is 106 Å². The number of benzene rings is 1. The lowest BCUT2D eigenvalue weighted by Gasteiger charge is -2.03. The molecule has 0 atom stereocenters. The number of hydrogen-bond acceptors (Lipinski definition) is 2. The molecular formula is C12H9BrFNS. The summed E-state index contributed by atoms with van der Waals surface area (Å²) >= 11 is 4.85. The summed E-state index contributed by atoms with van der Waals surface area (Å²) in [4.78, 5) is 5.25. The molecule has 16 heavy (non-hydrogen) atoms. The molecule has 0 fully saturated rings. The lowest BCUT2D eigenvalue weighted by Crippen LogP contribution is -1.85. The van der Waals surface area contributed by atoms with Crippen molar-refractivity contribution in [3.05, 3.63) is 52.4 Å². The molecule has 0 spiro atoms. The third-order valence-corrected chi connectivity index (χ3v) is 3.78. The molecule has 0 unspecified atom stereocenters. The molecule has 1 aromatic heterocycles. The molecule has 1 aromatic carbocycles. The number of hydrogen-bond donors (Lipinski definition) is 0. The lowest BCUT2D eigenvalue weighted by atomic mass is 10.3. The third-order valence-electron chi connectivity index (χ3n) is 2.01. The van der Waals surface area contributed by atoms with E-state index < -0.39 is 0 Å². The van der Waals surface area contributed by atoms with E-state index in [0.29, 0.717) is 0 Å². The van der Waals surface area contributed by atoms with Gasteiger partial charge in [-0.15, -0.1) is 0 Å². The molecule has 0 saturated heterocycles. The summed E-state index contributed by atoms with van der Waals surface area (Å²) in [5.74, 6) is -0.223. The number of halogens is 2. The summed E-state index contributed by atoms with van der Waals surface area (Å²) in [5, 5.41) is 0.867. The molecule has 0 aliphatic rings. The van der Waals surface area contributed by atoms with Gasteiger partial charge in [-0.05, 0) is 53.2 Å². The molecule has 0 bridgehead atoms. The molecule has 2 aromatic rings. The van der Waals surface area contributed by atoms with Gasteiger partial charge in [-0.3, -0.25) is 0 Å². The van der Waals surface area contributed by atoms with E-state index in [2.05, 4.69) is 20.9 Å². The minimum absolute atomic E-state index is 0.223. The second kappa shape index (κ2) is 4.97. The van der Waals surface area contributed by atoms with Gasteiger partial charge in [-0.1, -0.05) is 17.8 Å². The molecule has 2 rings (SSSR count). The van der Waals surface area contributed by atoms with Gasteiger partial charge in [0.25, 0.3) is 0 Å². The first-order valence-electron chi connectivity index (χ1n) is 4.72. The van der Waals surface area contributed by atoms with Crippen LogP contribution in [0.5, 0.6) is 0 Å². The normalized spacial score (nSPS) is 10.4. The van der Waals surface area contributed by atoms with Crippen LogP contribution in [-0.4, -0.2) is 4.98 Å². The fraction of sp³-hybridized carbons (Fsp3) is 0.0833. The highest BCUT2D eigenvalue weighted by atomic mass is 79.9. The Morgan fingerprint density at radius 2 is 2.06 bits per heavy atom. The summed E-state index contributed by atoms with van der Waals surface area (Å²) in [6.45, 7) is 1.93. The smallest absolute Gasteiger partial charge is 0.124 e. The summed E-state index contributed by atoms with van der Waals surface area (Å²) in [5.41, 5.74) is 0.932. The first-order chi connectivity index (χ1) is 7.65. The number of aryl methyl sites for hydroxylation is 1. The van der Waals surface area contributed by atoms with E-state index in [1.54, 1.807) is 6.07 Å². The standard InChI is InChI=1S/C12H9BrFNS/c1-8-11(13)5-6-12(15-8)16-10-4-2-3-9(14)7-10/h2-7H,1H3. The van der Waals surface area contributed by atoms with Crippen molar-refractivity contribution in [3.8, 4) is 0 Å². The average molecular weight is 298 g/mol. The van der Waals surface area contributed by atoms with E-state index in [0.717, 1.165) is 20.1 Å². The molecular weight excluding hydrogens is 289 g/mol. The summed E-state index contributed by atoms with van der Waals surface area (Å²) in [7, 11) is 0. The highest BCUT2D eigenvalue weighted by Crippen LogP contribution is 2.28. The Morgan fingerprint density at radius 1 is 1.25 bits per heavy atom. The van der Waals surface area contributed by atoms with Crippen LogP contribution in [0, 0.1) is 12.7 Å². The maximum absolute atomic E-state index is 13.0. The highest BCUT2D eigenvalue weighted by Gasteiger charge is 2.02. The van der Waals surface area contributed by atoms with Crippen LogP contribution in [0.1, 0.15) is 5.69 Å². The second-order valence-corrected chi connectivity index (χ2v) is 5.22. The molecule has 1 heterocycles. The number of nitrogens with zero attached hydrogens (tertiary/aromatic N) is 1. The Bertz CT molecular complexity index is 516. The molecule has 0 amide bonds. The molecule has 0 saturated carbocycles. The molecule has 0 N–H and O–H groups in total. The maximum Gasteiger partial charge on any atom is 0.124 e. The molecule has 0 aliphatic heterocycles. The van der Waals surface area contributed by atoms with E-state index in [9.17, 15) is 4.39 Å². The van der Waals surface area contributed by atoms with Gasteiger partial charge in [0.15, 0.2) is 0 Å². The second-order valence-electron chi connectivity index (χ2n) is 3.28. The fourth-order valence-electron chi connectivity index (χ4n) is 1.23. The maximum atomic E-state index is 13.0. The van der Waals surface area contributed by atoms with Crippen molar-refractivity contribution in [3.63, 3.8) is 0 Å². The largest absolute Gasteiger partial charge is 0.245 e. The minimum atomic E-state index is -0.223. The summed E-state index contributed by atoms with van der Waals surface area (Å²) in [6, 6.07) is 10.4. The molecule has 0 aliphatic carbocycles. The van der Waals surface area contributed by atoms with Crippen LogP contribution in [0.3, 0.4) is 0 Å². The zero-order chi connectivity index (χ0) is 11.5. The summed E-state index contributed by atoms with van der Waals surface area (Å²) < 4.78 is 14.0. The quantitative estimate of drug-likeness (QED) is 0.813. The number of pyridine rings is 1. The molecule has 0 radical (unpaired) electrons. The van der Waals surface area contributed by atoms with Gasteiger partial charge in [0, 0.05) is 9.37 Å². The van der Waals surface area contributed by atoms with Crippen molar-refractivity contribution in [1.29, 1.82) is 0 Å². The number of aromatic nitrogens is 1. The van der Waals surface area contributed by atoms with Gasteiger partial charge < -0.3 is 0 Å². The third kappa shape index (κ3) is 2.83. The van der Waals surface area contributed by atoms with Crippen molar-refractivity contribution in [2.45, 2.75) is 16.8 Å². The Kier molecular flexibility index (Phi) is 3.61. The molecule has 82 valence electrons. The van der Waals surface area contributed by atoms with Gasteiger partial charge >= 0.3 is 0 Å². The molecule has 1 nitrogen and oxygen atoms in total. The van der Waals surface area contributed by atoms with Crippen LogP contribution in [0.4, 0.5) is 4.39 Å². The van der Waals surface area contributed by atoms with Crippen LogP contribution in [0.25, 0.3) is 0 Å². The van der Waals surface area contributed by atoms with Gasteiger partial charge in [-0.25, -0.2) is 9.37 Å². The van der Waals surface area contributed by atoms with Crippen LogP contribution in [0.15, 0.2) is 50.8 Å². The number of rotatable bonds is 2. The van der Waals surface area contributed by atoms with Crippen molar-refractivity contribution in [1.82, 2.24) is 4.98 Å². The van der Waals surface area contributed by atoms with Gasteiger partial charge in [0.05, 0.1) is 5.69 Å². The average Bonchev–Trinajstić information content (AvgIpc) is 2.24. The van der Waals surface area contributed by atoms with Crippen molar-refractivity contribution in [2.24, 2.45) is 0 Å². The first-order valence-corrected chi connectivity index (χ1v) is 6.32. The fourth-order valence-corrected chi connectivity index (χ4v) is 2.33. The Morgan fingerprint density at radius 3 is 2.75 bits per heavy atom. The first kappa shape index (κ1) is 11.6. The highest BCUT2D eigenvalue weighted by molar-refractivity contribution is 9.10. The predicted octanol–water partition coefficient (Wildman–Crippen LogP) is 4.44. The SMILES string of the molecule is Cc1nc(Sc2cccc(F)c2)ccc1Br. The zero-order valence-corrected chi connectivity index (χ0v) is 11.0. The van der Waals surface area contributed by atoms with E-state index in [-0.39, 0.29) is 5.82 Å². The van der Waals surface area contributed by atoms with Gasteiger partial charge in [-0.2, -0.15) is 0 Å². The van der Waals surface area contributed by atoms with E-state index in [4.69, 9.17) is 0 Å². The van der Waals surface area contributed by atoms with E-state index in [1.165, 1.54) is 23.9 Å². The zero-order valence-electron chi connectivity index (χ0n) is 8.58. The lowest BCUT2D eigenvalue weighted by molar-refractivity contribution is 0.624. The van der Waals surface area contributed by atoms with E-state index in [1.807, 2.05) is 25.1 Å². The van der Waals surface area contributed by atoms with Crippen LogP contribution < -0.4 is 0 Å². The van der Waals surface area contributed by atoms with Crippen molar-refractivity contribution < 1.29 is 4.39 Å². The Hall–Kier alpha value is -0.870. The summed E-state index contributed by atoms with van der Waals surface area (Å²) in [6.07, 6.45) is 0. The minimum Gasteiger partial charge on any atom is -0.245 e. The van der Waals surface area contributed by atoms with E-state index >= 15 is 0 Å². The Balaban J connectivity index is 2.24. The predicted molar refractivity (Wildman–Crippen MR) is 67.2 cm³/mol. The van der Waals surface area contributed by atoms with Crippen molar-refractivity contribution in [2.75, 3.05) is 0 Å². The topological polar surface area (TPSA) is 12.9 Å². The van der Waals surface area contributed by atoms with Crippen molar-refractivity contribution >= 4 is 27.7 Å². The molecule has 4 heteroatoms. The van der Waals surface area contributed by atoms with Crippen LogP contribution >= 0.6 is 27.7 Å².